The van der Waals surface area contributed by atoms with Crippen molar-refractivity contribution in [1.29, 1.82) is 0 Å². The highest BCUT2D eigenvalue weighted by atomic mass is 15.2. The molecule has 1 heterocycles. The van der Waals surface area contributed by atoms with Gasteiger partial charge in [-0.25, -0.2) is 6.57 Å². The first-order valence-corrected chi connectivity index (χ1v) is 5.07. The average Bonchev–Trinajstić information content (AvgIpc) is 2.30. The topological polar surface area (TPSA) is 7.60 Å². The highest BCUT2D eigenvalue weighted by molar-refractivity contribution is 5.46. The van der Waals surface area contributed by atoms with Crippen molar-refractivity contribution in [1.82, 2.24) is 0 Å². The van der Waals surface area contributed by atoms with Crippen LogP contribution in [0.3, 0.4) is 0 Å². The minimum atomic E-state index is 0.198. The number of hydrogen-bond donors (Lipinski definition) is 0. The van der Waals surface area contributed by atoms with Gasteiger partial charge in [0.05, 0.1) is 6.54 Å². The van der Waals surface area contributed by atoms with Gasteiger partial charge in [-0.15, -0.1) is 0 Å². The Bertz CT molecular complexity index is 326. The van der Waals surface area contributed by atoms with Gasteiger partial charge >= 0.3 is 0 Å². The lowest BCUT2D eigenvalue weighted by atomic mass is 10.1. The Balaban J connectivity index is 2.09. The Morgan fingerprint density at radius 1 is 1.29 bits per heavy atom. The van der Waals surface area contributed by atoms with Crippen LogP contribution in [0, 0.1) is 6.57 Å². The summed E-state index contributed by atoms with van der Waals surface area (Å²) in [7, 11) is 0. The summed E-state index contributed by atoms with van der Waals surface area (Å²) in [6.07, 6.45) is 2.20. The SMILES string of the molecule is [C-]#[N+]C1CCCN(c2ccccc2)C1. The molecule has 2 heteroatoms. The van der Waals surface area contributed by atoms with Crippen molar-refractivity contribution in [2.75, 3.05) is 18.0 Å². The summed E-state index contributed by atoms with van der Waals surface area (Å²) >= 11 is 0. The molecule has 1 aliphatic heterocycles. The standard InChI is InChI=1S/C12H14N2/c1-13-11-6-5-9-14(10-11)12-7-3-2-4-8-12/h2-4,7-8,11H,5-6,9-10H2. The zero-order valence-corrected chi connectivity index (χ0v) is 8.19. The van der Waals surface area contributed by atoms with E-state index in [1.807, 2.05) is 6.07 Å². The van der Waals surface area contributed by atoms with Crippen molar-refractivity contribution in [2.45, 2.75) is 18.9 Å². The molecule has 0 aromatic heterocycles. The number of rotatable bonds is 1. The molecule has 1 aliphatic rings. The summed E-state index contributed by atoms with van der Waals surface area (Å²) in [4.78, 5) is 5.94. The van der Waals surface area contributed by atoms with Crippen molar-refractivity contribution in [2.24, 2.45) is 0 Å². The molecule has 0 saturated carbocycles. The minimum Gasteiger partial charge on any atom is -0.364 e. The van der Waals surface area contributed by atoms with E-state index in [1.165, 1.54) is 5.69 Å². The van der Waals surface area contributed by atoms with Gasteiger partial charge in [0, 0.05) is 18.7 Å². The second-order valence-electron chi connectivity index (χ2n) is 3.71. The zero-order valence-electron chi connectivity index (χ0n) is 8.19. The molecule has 2 rings (SSSR count). The van der Waals surface area contributed by atoms with Gasteiger partial charge in [0.25, 0.3) is 0 Å². The second-order valence-corrected chi connectivity index (χ2v) is 3.71. The van der Waals surface area contributed by atoms with Crippen LogP contribution in [0.5, 0.6) is 0 Å². The van der Waals surface area contributed by atoms with E-state index in [4.69, 9.17) is 6.57 Å². The second kappa shape index (κ2) is 4.15. The van der Waals surface area contributed by atoms with Crippen molar-refractivity contribution >= 4 is 5.69 Å². The van der Waals surface area contributed by atoms with Crippen LogP contribution in [0.1, 0.15) is 12.8 Å². The van der Waals surface area contributed by atoms with Gasteiger partial charge in [-0.1, -0.05) is 18.2 Å². The molecule has 1 aromatic carbocycles. The molecule has 0 radical (unpaired) electrons. The predicted molar refractivity (Wildman–Crippen MR) is 58.3 cm³/mol. The molecule has 1 unspecified atom stereocenters. The van der Waals surface area contributed by atoms with E-state index in [9.17, 15) is 0 Å². The smallest absolute Gasteiger partial charge is 0.240 e. The first-order valence-electron chi connectivity index (χ1n) is 5.07. The van der Waals surface area contributed by atoms with Gasteiger partial charge in [0.2, 0.25) is 6.04 Å². The van der Waals surface area contributed by atoms with Crippen LogP contribution >= 0.6 is 0 Å². The number of benzene rings is 1. The van der Waals surface area contributed by atoms with Crippen LogP contribution in [-0.4, -0.2) is 19.1 Å². The fourth-order valence-corrected chi connectivity index (χ4v) is 1.93. The average molecular weight is 186 g/mol. The fourth-order valence-electron chi connectivity index (χ4n) is 1.93. The number of para-hydroxylation sites is 1. The Labute approximate surface area is 85.0 Å². The maximum absolute atomic E-state index is 7.05. The summed E-state index contributed by atoms with van der Waals surface area (Å²) in [5.74, 6) is 0. The quantitative estimate of drug-likeness (QED) is 0.612. The Hall–Kier alpha value is -1.49. The lowest BCUT2D eigenvalue weighted by molar-refractivity contribution is 0.550. The van der Waals surface area contributed by atoms with Gasteiger partial charge in [-0.3, -0.25) is 0 Å². The first kappa shape index (κ1) is 9.08. The van der Waals surface area contributed by atoms with E-state index in [2.05, 4.69) is 34.0 Å². The summed E-state index contributed by atoms with van der Waals surface area (Å²) in [6.45, 7) is 9.04. The monoisotopic (exact) mass is 186 g/mol. The molecule has 0 amide bonds. The van der Waals surface area contributed by atoms with E-state index in [-0.39, 0.29) is 6.04 Å². The van der Waals surface area contributed by atoms with Crippen LogP contribution in [0.15, 0.2) is 30.3 Å². The van der Waals surface area contributed by atoms with E-state index >= 15 is 0 Å². The lowest BCUT2D eigenvalue weighted by Gasteiger charge is -2.29. The van der Waals surface area contributed by atoms with E-state index < -0.39 is 0 Å². The van der Waals surface area contributed by atoms with Gasteiger partial charge in [-0.2, -0.15) is 0 Å². The fraction of sp³-hybridized carbons (Fsp3) is 0.417. The zero-order chi connectivity index (χ0) is 9.80. The van der Waals surface area contributed by atoms with Crippen LogP contribution in [0.2, 0.25) is 0 Å². The van der Waals surface area contributed by atoms with Crippen molar-refractivity contribution < 1.29 is 0 Å². The summed E-state index contributed by atoms with van der Waals surface area (Å²) < 4.78 is 0. The molecule has 1 saturated heterocycles. The maximum atomic E-state index is 7.05. The van der Waals surface area contributed by atoms with Crippen LogP contribution in [0.4, 0.5) is 5.69 Å². The third-order valence-electron chi connectivity index (χ3n) is 2.70. The molecule has 1 aromatic rings. The molecule has 14 heavy (non-hydrogen) atoms. The number of anilines is 1. The van der Waals surface area contributed by atoms with Crippen molar-refractivity contribution in [3.63, 3.8) is 0 Å². The summed E-state index contributed by atoms with van der Waals surface area (Å²) in [6, 6.07) is 10.6. The van der Waals surface area contributed by atoms with Gasteiger partial charge in [0.15, 0.2) is 0 Å². The molecule has 72 valence electrons. The van der Waals surface area contributed by atoms with E-state index in [0.29, 0.717) is 0 Å². The van der Waals surface area contributed by atoms with Gasteiger partial charge in [0.1, 0.15) is 0 Å². The highest BCUT2D eigenvalue weighted by Crippen LogP contribution is 2.20. The number of piperidine rings is 1. The molecule has 0 aliphatic carbocycles. The minimum absolute atomic E-state index is 0.198. The third-order valence-corrected chi connectivity index (χ3v) is 2.70. The van der Waals surface area contributed by atoms with Crippen molar-refractivity contribution in [3.8, 4) is 0 Å². The summed E-state index contributed by atoms with van der Waals surface area (Å²) in [5, 5.41) is 0. The molecular weight excluding hydrogens is 172 g/mol. The van der Waals surface area contributed by atoms with Crippen LogP contribution < -0.4 is 4.90 Å². The summed E-state index contributed by atoms with van der Waals surface area (Å²) in [5.41, 5.74) is 1.25. The van der Waals surface area contributed by atoms with Crippen LogP contribution in [0.25, 0.3) is 4.85 Å². The van der Waals surface area contributed by atoms with Gasteiger partial charge < -0.3 is 9.74 Å². The molecule has 1 fully saturated rings. The molecular formula is C12H14N2. The molecule has 0 N–H and O–H groups in total. The Morgan fingerprint density at radius 2 is 2.07 bits per heavy atom. The first-order chi connectivity index (χ1) is 6.90. The largest absolute Gasteiger partial charge is 0.364 e. The predicted octanol–water partition coefficient (Wildman–Crippen LogP) is 2.57. The number of nitrogens with zero attached hydrogens (tertiary/aromatic N) is 2. The highest BCUT2D eigenvalue weighted by Gasteiger charge is 2.22. The Kier molecular flexibility index (Phi) is 2.69. The lowest BCUT2D eigenvalue weighted by Crippen LogP contribution is -2.36. The molecule has 0 spiro atoms. The van der Waals surface area contributed by atoms with Gasteiger partial charge in [-0.05, 0) is 18.6 Å². The molecule has 0 bridgehead atoms. The normalized spacial score (nSPS) is 21.6. The van der Waals surface area contributed by atoms with E-state index in [0.717, 1.165) is 25.9 Å². The molecule has 2 nitrogen and oxygen atoms in total. The number of hydrogen-bond acceptors (Lipinski definition) is 1. The molecule has 1 atom stereocenters. The van der Waals surface area contributed by atoms with E-state index in [1.54, 1.807) is 0 Å². The maximum Gasteiger partial charge on any atom is 0.240 e. The van der Waals surface area contributed by atoms with Crippen molar-refractivity contribution in [3.05, 3.63) is 41.7 Å². The Morgan fingerprint density at radius 3 is 2.79 bits per heavy atom. The van der Waals surface area contributed by atoms with Crippen LogP contribution in [-0.2, 0) is 0 Å². The third kappa shape index (κ3) is 1.88.